The molecule has 0 unspecified atom stereocenters. The van der Waals surface area contributed by atoms with Gasteiger partial charge in [0.15, 0.2) is 11.5 Å². The van der Waals surface area contributed by atoms with Gasteiger partial charge in [-0.1, -0.05) is 18.5 Å². The van der Waals surface area contributed by atoms with Gasteiger partial charge in [-0.25, -0.2) is 0 Å². The topological polar surface area (TPSA) is 68.0 Å². The smallest absolute Gasteiger partial charge is 0.273 e. The number of nitrogens with one attached hydrogen (secondary N) is 1. The van der Waals surface area contributed by atoms with E-state index in [0.717, 1.165) is 18.4 Å². The first-order valence-corrected chi connectivity index (χ1v) is 5.96. The molecule has 0 atom stereocenters. The minimum atomic E-state index is -0.206. The van der Waals surface area contributed by atoms with Crippen LogP contribution < -0.4 is 5.32 Å². The SMILES string of the molecule is CCCCNC(=O)c1cc(-c2cccnc2)on1. The van der Waals surface area contributed by atoms with E-state index in [-0.39, 0.29) is 5.91 Å². The minimum Gasteiger partial charge on any atom is -0.355 e. The summed E-state index contributed by atoms with van der Waals surface area (Å²) in [6.45, 7) is 2.73. The lowest BCUT2D eigenvalue weighted by Crippen LogP contribution is -2.24. The third kappa shape index (κ3) is 2.94. The molecule has 0 bridgehead atoms. The molecule has 2 aromatic rings. The predicted molar refractivity (Wildman–Crippen MR) is 67.0 cm³/mol. The quantitative estimate of drug-likeness (QED) is 0.820. The maximum atomic E-state index is 11.7. The second kappa shape index (κ2) is 5.95. The fraction of sp³-hybridized carbons (Fsp3) is 0.308. The van der Waals surface area contributed by atoms with Crippen molar-refractivity contribution in [3.63, 3.8) is 0 Å². The molecular formula is C13H15N3O2. The molecule has 0 saturated carbocycles. The Morgan fingerprint density at radius 3 is 3.11 bits per heavy atom. The monoisotopic (exact) mass is 245 g/mol. The van der Waals surface area contributed by atoms with Gasteiger partial charge in [0.2, 0.25) is 0 Å². The molecule has 2 aromatic heterocycles. The average Bonchev–Trinajstić information content (AvgIpc) is 2.89. The summed E-state index contributed by atoms with van der Waals surface area (Å²) in [6, 6.07) is 5.28. The number of amides is 1. The highest BCUT2D eigenvalue weighted by Gasteiger charge is 2.12. The second-order valence-electron chi connectivity index (χ2n) is 3.93. The van der Waals surface area contributed by atoms with Crippen molar-refractivity contribution >= 4 is 5.91 Å². The molecule has 18 heavy (non-hydrogen) atoms. The molecule has 1 N–H and O–H groups in total. The number of aromatic nitrogens is 2. The lowest BCUT2D eigenvalue weighted by Gasteiger charge is -1.99. The number of unbranched alkanes of at least 4 members (excludes halogenated alkanes) is 1. The molecular weight excluding hydrogens is 230 g/mol. The highest BCUT2D eigenvalue weighted by molar-refractivity contribution is 5.93. The third-order valence-electron chi connectivity index (χ3n) is 2.50. The summed E-state index contributed by atoms with van der Waals surface area (Å²) >= 11 is 0. The molecule has 2 rings (SSSR count). The normalized spacial score (nSPS) is 10.3. The number of carbonyl (C=O) groups is 1. The Hall–Kier alpha value is -2.17. The Bertz CT molecular complexity index is 508. The van der Waals surface area contributed by atoms with Crippen LogP contribution in [-0.2, 0) is 0 Å². The van der Waals surface area contributed by atoms with Crippen molar-refractivity contribution in [1.82, 2.24) is 15.5 Å². The summed E-state index contributed by atoms with van der Waals surface area (Å²) in [6.07, 6.45) is 5.34. The van der Waals surface area contributed by atoms with Crippen molar-refractivity contribution in [1.29, 1.82) is 0 Å². The zero-order chi connectivity index (χ0) is 12.8. The van der Waals surface area contributed by atoms with Crippen molar-refractivity contribution in [2.75, 3.05) is 6.54 Å². The zero-order valence-corrected chi connectivity index (χ0v) is 10.2. The van der Waals surface area contributed by atoms with E-state index >= 15 is 0 Å². The van der Waals surface area contributed by atoms with Gasteiger partial charge in [-0.05, 0) is 18.6 Å². The van der Waals surface area contributed by atoms with Crippen LogP contribution in [0.15, 0.2) is 35.1 Å². The third-order valence-corrected chi connectivity index (χ3v) is 2.50. The predicted octanol–water partition coefficient (Wildman–Crippen LogP) is 2.27. The van der Waals surface area contributed by atoms with Crippen molar-refractivity contribution in [3.8, 4) is 11.3 Å². The van der Waals surface area contributed by atoms with E-state index in [4.69, 9.17) is 4.52 Å². The zero-order valence-electron chi connectivity index (χ0n) is 10.2. The summed E-state index contributed by atoms with van der Waals surface area (Å²) in [5.41, 5.74) is 1.10. The van der Waals surface area contributed by atoms with Crippen molar-refractivity contribution < 1.29 is 9.32 Å². The molecule has 0 aliphatic carbocycles. The van der Waals surface area contributed by atoms with E-state index in [0.29, 0.717) is 18.0 Å². The van der Waals surface area contributed by atoms with Crippen LogP contribution in [0.4, 0.5) is 0 Å². The molecule has 5 nitrogen and oxygen atoms in total. The van der Waals surface area contributed by atoms with Crippen LogP contribution in [0.5, 0.6) is 0 Å². The Balaban J connectivity index is 2.04. The number of pyridine rings is 1. The fourth-order valence-corrected chi connectivity index (χ4v) is 1.50. The molecule has 0 saturated heterocycles. The van der Waals surface area contributed by atoms with Gasteiger partial charge in [0.1, 0.15) is 0 Å². The molecule has 0 spiro atoms. The van der Waals surface area contributed by atoms with Gasteiger partial charge in [-0.2, -0.15) is 0 Å². The van der Waals surface area contributed by atoms with E-state index in [2.05, 4.69) is 22.4 Å². The Morgan fingerprint density at radius 2 is 2.39 bits per heavy atom. The number of hydrogen-bond donors (Lipinski definition) is 1. The molecule has 1 amide bonds. The van der Waals surface area contributed by atoms with Gasteiger partial charge in [-0.15, -0.1) is 0 Å². The molecule has 0 aliphatic rings. The Morgan fingerprint density at radius 1 is 1.50 bits per heavy atom. The summed E-state index contributed by atoms with van der Waals surface area (Å²) < 4.78 is 5.13. The molecule has 5 heteroatoms. The molecule has 0 fully saturated rings. The highest BCUT2D eigenvalue weighted by atomic mass is 16.5. The van der Waals surface area contributed by atoms with Gasteiger partial charge < -0.3 is 9.84 Å². The summed E-state index contributed by atoms with van der Waals surface area (Å²) in [4.78, 5) is 15.7. The lowest BCUT2D eigenvalue weighted by molar-refractivity contribution is 0.0944. The number of rotatable bonds is 5. The van der Waals surface area contributed by atoms with Crippen LogP contribution >= 0.6 is 0 Å². The van der Waals surface area contributed by atoms with E-state index in [9.17, 15) is 4.79 Å². The second-order valence-corrected chi connectivity index (χ2v) is 3.93. The van der Waals surface area contributed by atoms with Gasteiger partial charge in [0, 0.05) is 30.6 Å². The highest BCUT2D eigenvalue weighted by Crippen LogP contribution is 2.18. The van der Waals surface area contributed by atoms with Crippen molar-refractivity contribution in [3.05, 3.63) is 36.3 Å². The van der Waals surface area contributed by atoms with Crippen molar-refractivity contribution in [2.24, 2.45) is 0 Å². The van der Waals surface area contributed by atoms with Crippen LogP contribution in [0.25, 0.3) is 11.3 Å². The molecule has 0 aromatic carbocycles. The van der Waals surface area contributed by atoms with Crippen LogP contribution in [0, 0.1) is 0 Å². The van der Waals surface area contributed by atoms with Crippen molar-refractivity contribution in [2.45, 2.75) is 19.8 Å². The Labute approximate surface area is 105 Å². The number of hydrogen-bond acceptors (Lipinski definition) is 4. The number of carbonyl (C=O) groups excluding carboxylic acids is 1. The molecule has 2 heterocycles. The van der Waals surface area contributed by atoms with Crippen LogP contribution in [0.1, 0.15) is 30.3 Å². The van der Waals surface area contributed by atoms with E-state index in [1.807, 2.05) is 6.07 Å². The van der Waals surface area contributed by atoms with Crippen LogP contribution in [-0.4, -0.2) is 22.6 Å². The minimum absolute atomic E-state index is 0.206. The van der Waals surface area contributed by atoms with E-state index in [1.165, 1.54) is 0 Å². The van der Waals surface area contributed by atoms with E-state index < -0.39 is 0 Å². The molecule has 0 aliphatic heterocycles. The summed E-state index contributed by atoms with van der Waals surface area (Å²) in [5, 5.41) is 6.54. The van der Waals surface area contributed by atoms with Crippen LogP contribution in [0.2, 0.25) is 0 Å². The molecule has 94 valence electrons. The maximum absolute atomic E-state index is 11.7. The lowest BCUT2D eigenvalue weighted by atomic mass is 10.2. The van der Waals surface area contributed by atoms with Gasteiger partial charge in [-0.3, -0.25) is 9.78 Å². The summed E-state index contributed by atoms with van der Waals surface area (Å²) in [5.74, 6) is 0.339. The van der Waals surface area contributed by atoms with Crippen LogP contribution in [0.3, 0.4) is 0 Å². The maximum Gasteiger partial charge on any atom is 0.273 e. The van der Waals surface area contributed by atoms with Gasteiger partial charge in [0.25, 0.3) is 5.91 Å². The average molecular weight is 245 g/mol. The number of nitrogens with zero attached hydrogens (tertiary/aromatic N) is 2. The molecule has 0 radical (unpaired) electrons. The fourth-order valence-electron chi connectivity index (χ4n) is 1.50. The first-order chi connectivity index (χ1) is 8.81. The first kappa shape index (κ1) is 12.3. The first-order valence-electron chi connectivity index (χ1n) is 5.96. The summed E-state index contributed by atoms with van der Waals surface area (Å²) in [7, 11) is 0. The largest absolute Gasteiger partial charge is 0.355 e. The van der Waals surface area contributed by atoms with Gasteiger partial charge >= 0.3 is 0 Å². The van der Waals surface area contributed by atoms with E-state index in [1.54, 1.807) is 24.5 Å². The standard InChI is InChI=1S/C13H15N3O2/c1-2-3-7-15-13(17)11-8-12(18-16-11)10-5-4-6-14-9-10/h4-6,8-9H,2-3,7H2,1H3,(H,15,17). The Kier molecular flexibility index (Phi) is 4.06. The van der Waals surface area contributed by atoms with Gasteiger partial charge in [0.05, 0.1) is 0 Å².